The van der Waals surface area contributed by atoms with E-state index in [0.29, 0.717) is 6.04 Å². The molecule has 1 aromatic carbocycles. The fourth-order valence-corrected chi connectivity index (χ4v) is 3.02. The van der Waals surface area contributed by atoms with Gasteiger partial charge in [0.25, 0.3) is 0 Å². The van der Waals surface area contributed by atoms with E-state index in [1.165, 1.54) is 30.6 Å². The molecule has 0 amide bonds. The van der Waals surface area contributed by atoms with Crippen LogP contribution < -0.4 is 5.32 Å². The Hall–Kier alpha value is -1.35. The second-order valence-electron chi connectivity index (χ2n) is 5.72. The lowest BCUT2D eigenvalue weighted by Crippen LogP contribution is -2.28. The zero-order valence-electron chi connectivity index (χ0n) is 13.7. The van der Waals surface area contributed by atoms with Crippen LogP contribution in [0.5, 0.6) is 0 Å². The lowest BCUT2D eigenvalue weighted by atomic mass is 10.1. The average Bonchev–Trinajstić information content (AvgIpc) is 2.84. The second-order valence-corrected chi connectivity index (χ2v) is 5.72. The molecule has 0 spiro atoms. The Morgan fingerprint density at radius 1 is 1.19 bits per heavy atom. The van der Waals surface area contributed by atoms with Crippen LogP contribution in [-0.2, 0) is 13.0 Å². The molecule has 0 bridgehead atoms. The third-order valence-electron chi connectivity index (χ3n) is 4.13. The number of rotatable bonds is 9. The van der Waals surface area contributed by atoms with Crippen LogP contribution in [0.15, 0.2) is 24.3 Å². The number of aryl methyl sites for hydroxylation is 2. The number of benzene rings is 1. The van der Waals surface area contributed by atoms with Crippen LogP contribution in [0, 0.1) is 0 Å². The minimum atomic E-state index is 0.652. The van der Waals surface area contributed by atoms with Crippen molar-refractivity contribution >= 4 is 11.0 Å². The van der Waals surface area contributed by atoms with Crippen molar-refractivity contribution in [1.82, 2.24) is 14.9 Å². The number of nitrogens with one attached hydrogen (secondary N) is 1. The molecule has 2 aromatic rings. The summed E-state index contributed by atoms with van der Waals surface area (Å²) in [5, 5.41) is 3.56. The van der Waals surface area contributed by atoms with Crippen LogP contribution in [0.2, 0.25) is 0 Å². The predicted octanol–water partition coefficient (Wildman–Crippen LogP) is 4.16. The minimum absolute atomic E-state index is 0.652. The number of aromatic nitrogens is 2. The molecule has 0 saturated heterocycles. The highest BCUT2D eigenvalue weighted by Gasteiger charge is 2.10. The van der Waals surface area contributed by atoms with E-state index >= 15 is 0 Å². The van der Waals surface area contributed by atoms with Gasteiger partial charge in [0, 0.05) is 19.0 Å². The Bertz CT molecular complexity index is 544. The molecule has 1 atom stereocenters. The molecule has 0 aliphatic carbocycles. The quantitative estimate of drug-likeness (QED) is 0.750. The lowest BCUT2D eigenvalue weighted by molar-refractivity contribution is 0.448. The number of nitrogens with zero attached hydrogens (tertiary/aromatic N) is 2. The van der Waals surface area contributed by atoms with Gasteiger partial charge in [-0.1, -0.05) is 32.9 Å². The van der Waals surface area contributed by atoms with E-state index < -0.39 is 0 Å². The molecule has 1 unspecified atom stereocenters. The van der Waals surface area contributed by atoms with Crippen LogP contribution in [0.1, 0.15) is 52.3 Å². The molecule has 1 heterocycles. The van der Waals surface area contributed by atoms with Gasteiger partial charge >= 0.3 is 0 Å². The molecule has 0 radical (unpaired) electrons. The topological polar surface area (TPSA) is 29.9 Å². The van der Waals surface area contributed by atoms with Gasteiger partial charge in [-0.25, -0.2) is 4.98 Å². The highest BCUT2D eigenvalue weighted by Crippen LogP contribution is 2.18. The van der Waals surface area contributed by atoms with Crippen molar-refractivity contribution in [2.75, 3.05) is 6.54 Å². The highest BCUT2D eigenvalue weighted by atomic mass is 15.1. The molecule has 116 valence electrons. The number of imidazole rings is 1. The van der Waals surface area contributed by atoms with E-state index in [4.69, 9.17) is 4.98 Å². The van der Waals surface area contributed by atoms with Gasteiger partial charge in [-0.15, -0.1) is 0 Å². The van der Waals surface area contributed by atoms with Crippen molar-refractivity contribution < 1.29 is 0 Å². The normalized spacial score (nSPS) is 12.9. The number of fused-ring (bicyclic) bond motifs is 1. The van der Waals surface area contributed by atoms with Gasteiger partial charge in [-0.2, -0.15) is 0 Å². The molecule has 0 aliphatic heterocycles. The van der Waals surface area contributed by atoms with E-state index in [-0.39, 0.29) is 0 Å². The third kappa shape index (κ3) is 4.07. The summed E-state index contributed by atoms with van der Waals surface area (Å²) < 4.78 is 2.43. The third-order valence-corrected chi connectivity index (χ3v) is 4.13. The standard InChI is InChI=1S/C18H29N3/c1-4-10-18-20-16-12-7-8-13-17(16)21(18)14-9-11-15(5-2)19-6-3/h7-8,12-13,15,19H,4-6,9-11,14H2,1-3H3. The zero-order chi connectivity index (χ0) is 15.1. The van der Waals surface area contributed by atoms with E-state index in [1.54, 1.807) is 0 Å². The van der Waals surface area contributed by atoms with Crippen LogP contribution in [-0.4, -0.2) is 22.1 Å². The van der Waals surface area contributed by atoms with Crippen LogP contribution in [0.25, 0.3) is 11.0 Å². The van der Waals surface area contributed by atoms with Gasteiger partial charge in [-0.3, -0.25) is 0 Å². The summed E-state index contributed by atoms with van der Waals surface area (Å²) in [7, 11) is 0. The molecule has 0 aliphatic rings. The summed E-state index contributed by atoms with van der Waals surface area (Å²) in [6.45, 7) is 8.82. The molecule has 21 heavy (non-hydrogen) atoms. The average molecular weight is 287 g/mol. The van der Waals surface area contributed by atoms with Crippen molar-refractivity contribution in [3.05, 3.63) is 30.1 Å². The smallest absolute Gasteiger partial charge is 0.109 e. The fourth-order valence-electron chi connectivity index (χ4n) is 3.02. The summed E-state index contributed by atoms with van der Waals surface area (Å²) in [4.78, 5) is 4.80. The lowest BCUT2D eigenvalue weighted by Gasteiger charge is -2.16. The minimum Gasteiger partial charge on any atom is -0.328 e. The number of hydrogen-bond acceptors (Lipinski definition) is 2. The van der Waals surface area contributed by atoms with Crippen LogP contribution >= 0.6 is 0 Å². The summed E-state index contributed by atoms with van der Waals surface area (Å²) >= 11 is 0. The Kier molecular flexibility index (Phi) is 6.24. The maximum absolute atomic E-state index is 4.80. The van der Waals surface area contributed by atoms with E-state index in [1.807, 2.05) is 0 Å². The summed E-state index contributed by atoms with van der Waals surface area (Å²) in [5.41, 5.74) is 2.43. The first-order chi connectivity index (χ1) is 10.3. The molecular weight excluding hydrogens is 258 g/mol. The second kappa shape index (κ2) is 8.18. The molecule has 3 heteroatoms. The summed E-state index contributed by atoms with van der Waals surface area (Å²) in [5.74, 6) is 1.25. The van der Waals surface area contributed by atoms with Gasteiger partial charge < -0.3 is 9.88 Å². The Balaban J connectivity index is 2.07. The molecular formula is C18H29N3. The van der Waals surface area contributed by atoms with E-state index in [2.05, 4.69) is 54.9 Å². The van der Waals surface area contributed by atoms with Crippen molar-refractivity contribution in [2.24, 2.45) is 0 Å². The van der Waals surface area contributed by atoms with Gasteiger partial charge in [0.05, 0.1) is 11.0 Å². The van der Waals surface area contributed by atoms with Gasteiger partial charge in [0.15, 0.2) is 0 Å². The molecule has 0 fully saturated rings. The molecule has 1 N–H and O–H groups in total. The zero-order valence-corrected chi connectivity index (χ0v) is 13.7. The van der Waals surface area contributed by atoms with Gasteiger partial charge in [-0.05, 0) is 44.4 Å². The predicted molar refractivity (Wildman–Crippen MR) is 90.7 cm³/mol. The number of hydrogen-bond donors (Lipinski definition) is 1. The maximum Gasteiger partial charge on any atom is 0.109 e. The van der Waals surface area contributed by atoms with Gasteiger partial charge in [0.1, 0.15) is 5.82 Å². The molecule has 1 aromatic heterocycles. The van der Waals surface area contributed by atoms with Crippen molar-refractivity contribution in [2.45, 2.75) is 65.5 Å². The maximum atomic E-state index is 4.80. The first kappa shape index (κ1) is 16.0. The Labute approximate surface area is 128 Å². The largest absolute Gasteiger partial charge is 0.328 e. The summed E-state index contributed by atoms with van der Waals surface area (Å²) in [6, 6.07) is 9.17. The summed E-state index contributed by atoms with van der Waals surface area (Å²) in [6.07, 6.45) is 5.88. The van der Waals surface area contributed by atoms with E-state index in [0.717, 1.165) is 31.4 Å². The highest BCUT2D eigenvalue weighted by molar-refractivity contribution is 5.75. The van der Waals surface area contributed by atoms with Crippen molar-refractivity contribution in [3.8, 4) is 0 Å². The SMILES string of the molecule is CCCc1nc2ccccc2n1CCCC(CC)NCC. The van der Waals surface area contributed by atoms with Crippen LogP contribution in [0.4, 0.5) is 0 Å². The Morgan fingerprint density at radius 2 is 2.00 bits per heavy atom. The fraction of sp³-hybridized carbons (Fsp3) is 0.611. The van der Waals surface area contributed by atoms with E-state index in [9.17, 15) is 0 Å². The molecule has 2 rings (SSSR count). The Morgan fingerprint density at radius 3 is 2.71 bits per heavy atom. The van der Waals surface area contributed by atoms with Crippen molar-refractivity contribution in [3.63, 3.8) is 0 Å². The van der Waals surface area contributed by atoms with Gasteiger partial charge in [0.2, 0.25) is 0 Å². The molecule has 0 saturated carbocycles. The molecule has 3 nitrogen and oxygen atoms in total. The van der Waals surface area contributed by atoms with Crippen LogP contribution in [0.3, 0.4) is 0 Å². The first-order valence-electron chi connectivity index (χ1n) is 8.47. The first-order valence-corrected chi connectivity index (χ1v) is 8.47. The van der Waals surface area contributed by atoms with Crippen molar-refractivity contribution in [1.29, 1.82) is 0 Å². The number of para-hydroxylation sites is 2. The monoisotopic (exact) mass is 287 g/mol.